The van der Waals surface area contributed by atoms with Crippen LogP contribution >= 0.6 is 0 Å². The minimum atomic E-state index is -0.707. The number of carbonyl (C=O) groups is 2. The molecule has 3 rings (SSSR count). The van der Waals surface area contributed by atoms with Crippen molar-refractivity contribution in [1.82, 2.24) is 26.3 Å². The lowest BCUT2D eigenvalue weighted by atomic mass is 10.1. The Morgan fingerprint density at radius 3 is 3.05 bits per heavy atom. The quantitative estimate of drug-likeness (QED) is 0.556. The van der Waals surface area contributed by atoms with Crippen molar-refractivity contribution in [3.05, 3.63) is 36.3 Å². The number of carbonyl (C=O) groups excluding carboxylic acids is 2. The summed E-state index contributed by atoms with van der Waals surface area (Å²) in [5.74, 6) is -0.115. The third kappa shape index (κ3) is 2.22. The van der Waals surface area contributed by atoms with Gasteiger partial charge >= 0.3 is 0 Å². The molecule has 0 bridgehead atoms. The number of allylic oxidation sites excluding steroid dienone is 1. The van der Waals surface area contributed by atoms with Crippen LogP contribution in [0.2, 0.25) is 0 Å². The molecule has 1 aromatic heterocycles. The molecule has 1 saturated heterocycles. The molecule has 1 fully saturated rings. The van der Waals surface area contributed by atoms with E-state index in [-0.39, 0.29) is 11.8 Å². The fourth-order valence-electron chi connectivity index (χ4n) is 2.20. The first-order chi connectivity index (χ1) is 9.65. The number of anilines is 1. The van der Waals surface area contributed by atoms with Gasteiger partial charge in [0.15, 0.2) is 6.04 Å². The van der Waals surface area contributed by atoms with Crippen LogP contribution in [0.4, 0.5) is 5.82 Å². The van der Waals surface area contributed by atoms with Crippen molar-refractivity contribution in [3.63, 3.8) is 0 Å². The fourth-order valence-corrected chi connectivity index (χ4v) is 2.20. The topological polar surface area (TPSA) is 98.4 Å². The van der Waals surface area contributed by atoms with Gasteiger partial charge in [0.2, 0.25) is 5.91 Å². The number of nitrogens with zero attached hydrogens (tertiary/aromatic N) is 2. The Bertz CT molecular complexity index is 573. The van der Waals surface area contributed by atoms with Crippen molar-refractivity contribution in [1.29, 1.82) is 0 Å². The van der Waals surface area contributed by atoms with Crippen LogP contribution in [0.5, 0.6) is 0 Å². The zero-order valence-corrected chi connectivity index (χ0v) is 10.8. The van der Waals surface area contributed by atoms with E-state index in [1.165, 1.54) is 0 Å². The van der Waals surface area contributed by atoms with Gasteiger partial charge in [-0.25, -0.2) is 10.4 Å². The third-order valence-corrected chi connectivity index (χ3v) is 3.08. The van der Waals surface area contributed by atoms with Gasteiger partial charge in [0, 0.05) is 18.1 Å². The van der Waals surface area contributed by atoms with Crippen molar-refractivity contribution in [2.45, 2.75) is 19.0 Å². The maximum absolute atomic E-state index is 12.2. The lowest BCUT2D eigenvalue weighted by Crippen LogP contribution is -2.54. The minimum absolute atomic E-state index is 0.233. The maximum Gasteiger partial charge on any atom is 0.250 e. The summed E-state index contributed by atoms with van der Waals surface area (Å²) in [6, 6.07) is 3.87. The number of nitrogens with one attached hydrogen (secondary N) is 4. The van der Waals surface area contributed by atoms with Crippen molar-refractivity contribution in [3.8, 4) is 0 Å². The molecule has 0 aliphatic carbocycles. The predicted molar refractivity (Wildman–Crippen MR) is 70.5 cm³/mol. The molecule has 1 aromatic rings. The number of hydrazine groups is 2. The summed E-state index contributed by atoms with van der Waals surface area (Å²) < 4.78 is 0. The molecule has 0 spiro atoms. The molecule has 20 heavy (non-hydrogen) atoms. The Kier molecular flexibility index (Phi) is 3.09. The first-order valence-corrected chi connectivity index (χ1v) is 6.16. The second-order valence-electron chi connectivity index (χ2n) is 4.59. The van der Waals surface area contributed by atoms with Crippen molar-refractivity contribution in [2.75, 3.05) is 5.32 Å². The second-order valence-corrected chi connectivity index (χ2v) is 4.59. The first kappa shape index (κ1) is 12.6. The monoisotopic (exact) mass is 274 g/mol. The molecule has 8 heteroatoms. The van der Waals surface area contributed by atoms with E-state index in [1.807, 2.05) is 0 Å². The first-order valence-electron chi connectivity index (χ1n) is 6.16. The highest BCUT2D eigenvalue weighted by Gasteiger charge is 2.44. The van der Waals surface area contributed by atoms with Gasteiger partial charge in [-0.3, -0.25) is 14.6 Å². The summed E-state index contributed by atoms with van der Waals surface area (Å²) in [5, 5.41) is 6.95. The minimum Gasteiger partial charge on any atom is -0.327 e. The van der Waals surface area contributed by atoms with Crippen LogP contribution in [-0.2, 0) is 9.59 Å². The summed E-state index contributed by atoms with van der Waals surface area (Å²) in [4.78, 5) is 28.2. The van der Waals surface area contributed by atoms with Gasteiger partial charge < -0.3 is 10.6 Å². The number of rotatable bonds is 2. The summed E-state index contributed by atoms with van der Waals surface area (Å²) in [6.07, 6.45) is 3.31. The van der Waals surface area contributed by atoms with Crippen LogP contribution in [-0.4, -0.2) is 33.9 Å². The van der Waals surface area contributed by atoms with E-state index in [0.717, 1.165) is 0 Å². The van der Waals surface area contributed by atoms with Gasteiger partial charge in [0.25, 0.3) is 5.91 Å². The number of aromatic nitrogens is 1. The Morgan fingerprint density at radius 2 is 2.30 bits per heavy atom. The Labute approximate surface area is 115 Å². The SMILES string of the molecule is CC1=CN2NNC(C(=O)Nc3ccccn3)C2C(=O)N1. The molecule has 0 saturated carbocycles. The van der Waals surface area contributed by atoms with Crippen LogP contribution in [0.25, 0.3) is 0 Å². The van der Waals surface area contributed by atoms with Crippen LogP contribution in [0.1, 0.15) is 6.92 Å². The maximum atomic E-state index is 12.2. The highest BCUT2D eigenvalue weighted by molar-refractivity contribution is 6.00. The molecule has 3 heterocycles. The molecule has 2 atom stereocenters. The Hall–Kier alpha value is -2.45. The lowest BCUT2D eigenvalue weighted by molar-refractivity contribution is -0.129. The lowest BCUT2D eigenvalue weighted by Gasteiger charge is -2.27. The number of hydrogen-bond acceptors (Lipinski definition) is 6. The van der Waals surface area contributed by atoms with Gasteiger partial charge in [-0.05, 0) is 19.1 Å². The zero-order chi connectivity index (χ0) is 14.1. The van der Waals surface area contributed by atoms with Crippen molar-refractivity contribution < 1.29 is 9.59 Å². The normalized spacial score (nSPS) is 24.8. The second kappa shape index (κ2) is 4.91. The largest absolute Gasteiger partial charge is 0.327 e. The summed E-state index contributed by atoms with van der Waals surface area (Å²) >= 11 is 0. The Morgan fingerprint density at radius 1 is 1.45 bits per heavy atom. The summed E-state index contributed by atoms with van der Waals surface area (Å²) in [5.41, 5.74) is 6.32. The van der Waals surface area contributed by atoms with Gasteiger partial charge in [-0.1, -0.05) is 6.07 Å². The van der Waals surface area contributed by atoms with E-state index in [1.54, 1.807) is 42.5 Å². The Balaban J connectivity index is 1.75. The van der Waals surface area contributed by atoms with Gasteiger partial charge in [0.05, 0.1) is 0 Å². The molecule has 2 unspecified atom stereocenters. The average molecular weight is 274 g/mol. The number of pyridine rings is 1. The van der Waals surface area contributed by atoms with E-state index in [9.17, 15) is 9.59 Å². The summed E-state index contributed by atoms with van der Waals surface area (Å²) in [6.45, 7) is 1.77. The van der Waals surface area contributed by atoms with Crippen LogP contribution < -0.4 is 21.6 Å². The molecule has 2 aliphatic rings. The molecule has 2 aliphatic heterocycles. The number of amides is 2. The third-order valence-electron chi connectivity index (χ3n) is 3.08. The van der Waals surface area contributed by atoms with E-state index in [4.69, 9.17) is 0 Å². The predicted octanol–water partition coefficient (Wildman–Crippen LogP) is -0.927. The fraction of sp³-hybridized carbons (Fsp3) is 0.250. The smallest absolute Gasteiger partial charge is 0.250 e. The number of fused-ring (bicyclic) bond motifs is 1. The van der Waals surface area contributed by atoms with Crippen molar-refractivity contribution >= 4 is 17.6 Å². The average Bonchev–Trinajstić information content (AvgIpc) is 2.84. The van der Waals surface area contributed by atoms with E-state index in [0.29, 0.717) is 11.5 Å². The highest BCUT2D eigenvalue weighted by atomic mass is 16.2. The van der Waals surface area contributed by atoms with Gasteiger partial charge in [-0.15, -0.1) is 0 Å². The molecule has 0 radical (unpaired) electrons. The van der Waals surface area contributed by atoms with Crippen LogP contribution in [0, 0.1) is 0 Å². The molecular formula is C12H14N6O2. The van der Waals surface area contributed by atoms with E-state index >= 15 is 0 Å². The number of hydrogen-bond donors (Lipinski definition) is 4. The molecule has 104 valence electrons. The summed E-state index contributed by atoms with van der Waals surface area (Å²) in [7, 11) is 0. The standard InChI is InChI=1S/C12H14N6O2/c1-7-6-18-10(12(20)14-7)9(16-17-18)11(19)15-8-4-2-3-5-13-8/h2-6,9-10,16-17H,1H3,(H,14,20)(H,13,15,19). The van der Waals surface area contributed by atoms with E-state index < -0.39 is 12.1 Å². The van der Waals surface area contributed by atoms with Crippen LogP contribution in [0.15, 0.2) is 36.3 Å². The van der Waals surface area contributed by atoms with Crippen LogP contribution in [0.3, 0.4) is 0 Å². The molecule has 0 aromatic carbocycles. The molecule has 2 amide bonds. The molecule has 8 nitrogen and oxygen atoms in total. The zero-order valence-electron chi connectivity index (χ0n) is 10.8. The van der Waals surface area contributed by atoms with Gasteiger partial charge in [-0.2, -0.15) is 5.53 Å². The van der Waals surface area contributed by atoms with Gasteiger partial charge in [0.1, 0.15) is 11.9 Å². The molecule has 4 N–H and O–H groups in total. The van der Waals surface area contributed by atoms with Crippen molar-refractivity contribution in [2.24, 2.45) is 0 Å². The highest BCUT2D eigenvalue weighted by Crippen LogP contribution is 2.16. The van der Waals surface area contributed by atoms with E-state index in [2.05, 4.69) is 26.6 Å². The molecular weight excluding hydrogens is 260 g/mol.